The lowest BCUT2D eigenvalue weighted by molar-refractivity contribution is 0.0937. The summed E-state index contributed by atoms with van der Waals surface area (Å²) in [5, 5.41) is 5.51. The van der Waals surface area contributed by atoms with Crippen molar-refractivity contribution in [2.75, 3.05) is 13.6 Å². The van der Waals surface area contributed by atoms with E-state index in [1.165, 1.54) is 42.7 Å². The number of benzene rings is 2. The maximum atomic E-state index is 13.4. The fourth-order valence-corrected chi connectivity index (χ4v) is 6.94. The van der Waals surface area contributed by atoms with Gasteiger partial charge in [0.25, 0.3) is 17.7 Å². The Bertz CT molecular complexity index is 1670. The number of carbonyl (C=O) groups excluding carboxylic acids is 3. The van der Waals surface area contributed by atoms with Crippen molar-refractivity contribution in [2.45, 2.75) is 51.9 Å². The molecule has 9 heteroatoms. The fraction of sp³-hybridized carbons (Fsp3) is 0.314. The Morgan fingerprint density at radius 1 is 1.05 bits per heavy atom. The fourth-order valence-electron chi connectivity index (χ4n) is 5.93. The molecule has 0 fully saturated rings. The molecular weight excluding hydrogens is 575 g/mol. The van der Waals surface area contributed by atoms with Gasteiger partial charge in [0.15, 0.2) is 0 Å². The first kappa shape index (κ1) is 31.1. The van der Waals surface area contributed by atoms with E-state index in [2.05, 4.69) is 34.9 Å². The van der Waals surface area contributed by atoms with Crippen molar-refractivity contribution in [3.63, 3.8) is 0 Å². The monoisotopic (exact) mass is 612 g/mol. The average Bonchev–Trinajstić information content (AvgIpc) is 3.69. The van der Waals surface area contributed by atoms with Crippen molar-refractivity contribution < 1.29 is 18.8 Å². The normalized spacial score (nSPS) is 15.1. The third kappa shape index (κ3) is 6.73. The number of aromatic nitrogens is 1. The van der Waals surface area contributed by atoms with Crippen molar-refractivity contribution in [1.29, 1.82) is 0 Å². The molecule has 1 atom stereocenters. The number of fused-ring (bicyclic) bond motifs is 2. The molecule has 2 aliphatic rings. The number of aryl methyl sites for hydroxylation is 2. The summed E-state index contributed by atoms with van der Waals surface area (Å²) in [4.78, 5) is 44.0. The largest absolute Gasteiger partial charge is 0.366 e. The van der Waals surface area contributed by atoms with Gasteiger partial charge in [0.1, 0.15) is 5.82 Å². The molecule has 228 valence electrons. The maximum absolute atomic E-state index is 13.4. The second-order valence-corrected chi connectivity index (χ2v) is 12.7. The first-order chi connectivity index (χ1) is 21.2. The topological polar surface area (TPSA) is 114 Å². The lowest BCUT2D eigenvalue weighted by atomic mass is 9.84. The number of amides is 3. The molecule has 2 aromatic heterocycles. The number of pyridine rings is 1. The number of nitrogens with one attached hydrogen (secondary N) is 2. The van der Waals surface area contributed by atoms with Gasteiger partial charge in [0, 0.05) is 30.0 Å². The van der Waals surface area contributed by atoms with Crippen LogP contribution in [0.15, 0.2) is 60.7 Å². The maximum Gasteiger partial charge on any atom is 0.261 e. The van der Waals surface area contributed by atoms with Gasteiger partial charge in [-0.05, 0) is 79.0 Å². The smallest absolute Gasteiger partial charge is 0.261 e. The minimum absolute atomic E-state index is 0.182. The molecule has 0 bridgehead atoms. The van der Waals surface area contributed by atoms with Gasteiger partial charge >= 0.3 is 0 Å². The SMILES string of the molecule is CNC(=O)c1ccc(-c2c(C(N)=O)c(CC(C)C)nc3c2C(=O)NCC3Cc2ccc(F)cc2)s1.c1ccc2c(c1)CCC2. The van der Waals surface area contributed by atoms with Gasteiger partial charge in [-0.1, -0.05) is 50.2 Å². The van der Waals surface area contributed by atoms with Crippen LogP contribution in [0.3, 0.4) is 0 Å². The number of thiophene rings is 1. The van der Waals surface area contributed by atoms with E-state index in [0.29, 0.717) is 51.7 Å². The summed E-state index contributed by atoms with van der Waals surface area (Å²) in [5.41, 5.74) is 11.9. The van der Waals surface area contributed by atoms with Gasteiger partial charge in [-0.25, -0.2) is 4.39 Å². The Hall–Kier alpha value is -4.37. The van der Waals surface area contributed by atoms with E-state index in [9.17, 15) is 18.8 Å². The van der Waals surface area contributed by atoms with Crippen LogP contribution in [0.25, 0.3) is 10.4 Å². The van der Waals surface area contributed by atoms with E-state index < -0.39 is 5.91 Å². The van der Waals surface area contributed by atoms with Crippen LogP contribution in [0.2, 0.25) is 0 Å². The van der Waals surface area contributed by atoms with Gasteiger partial charge in [-0.2, -0.15) is 0 Å². The number of halogens is 1. The lowest BCUT2D eigenvalue weighted by Gasteiger charge is -2.29. The molecule has 3 heterocycles. The van der Waals surface area contributed by atoms with Crippen molar-refractivity contribution >= 4 is 29.1 Å². The number of hydrogen-bond acceptors (Lipinski definition) is 5. The number of carbonyl (C=O) groups is 3. The summed E-state index contributed by atoms with van der Waals surface area (Å²) in [6.45, 7) is 4.40. The minimum atomic E-state index is -0.672. The second kappa shape index (κ2) is 13.5. The summed E-state index contributed by atoms with van der Waals surface area (Å²) in [6.07, 6.45) is 4.99. The molecule has 7 nitrogen and oxygen atoms in total. The van der Waals surface area contributed by atoms with E-state index in [1.54, 1.807) is 42.4 Å². The average molecular weight is 613 g/mol. The summed E-state index contributed by atoms with van der Waals surface area (Å²) in [6, 6.07) is 18.4. The van der Waals surface area contributed by atoms with E-state index in [4.69, 9.17) is 10.7 Å². The van der Waals surface area contributed by atoms with Gasteiger partial charge in [-0.3, -0.25) is 19.4 Å². The molecule has 44 heavy (non-hydrogen) atoms. The molecule has 1 aliphatic heterocycles. The molecule has 0 saturated carbocycles. The van der Waals surface area contributed by atoms with Crippen molar-refractivity contribution in [1.82, 2.24) is 15.6 Å². The van der Waals surface area contributed by atoms with Crippen LogP contribution >= 0.6 is 11.3 Å². The van der Waals surface area contributed by atoms with Crippen LogP contribution in [-0.4, -0.2) is 36.3 Å². The summed E-state index contributed by atoms with van der Waals surface area (Å²) >= 11 is 1.19. The third-order valence-electron chi connectivity index (χ3n) is 7.98. The molecule has 6 rings (SSSR count). The van der Waals surface area contributed by atoms with Gasteiger partial charge in [-0.15, -0.1) is 11.3 Å². The van der Waals surface area contributed by atoms with Crippen LogP contribution in [0.5, 0.6) is 0 Å². The Morgan fingerprint density at radius 2 is 1.73 bits per heavy atom. The highest BCUT2D eigenvalue weighted by molar-refractivity contribution is 7.17. The van der Waals surface area contributed by atoms with Crippen LogP contribution in [0.1, 0.15) is 84.7 Å². The molecule has 0 saturated heterocycles. The zero-order valence-electron chi connectivity index (χ0n) is 25.2. The number of hydrogen-bond donors (Lipinski definition) is 3. The van der Waals surface area contributed by atoms with Crippen LogP contribution < -0.4 is 16.4 Å². The first-order valence-electron chi connectivity index (χ1n) is 14.9. The quantitative estimate of drug-likeness (QED) is 0.243. The minimum Gasteiger partial charge on any atom is -0.366 e. The predicted octanol–water partition coefficient (Wildman–Crippen LogP) is 5.85. The highest BCUT2D eigenvalue weighted by atomic mass is 32.1. The molecule has 4 aromatic rings. The molecule has 2 aromatic carbocycles. The molecule has 4 N–H and O–H groups in total. The van der Waals surface area contributed by atoms with Gasteiger partial charge < -0.3 is 16.4 Å². The highest BCUT2D eigenvalue weighted by Crippen LogP contribution is 2.40. The second-order valence-electron chi connectivity index (χ2n) is 11.6. The molecule has 1 unspecified atom stereocenters. The van der Waals surface area contributed by atoms with Crippen molar-refractivity contribution in [2.24, 2.45) is 11.7 Å². The summed E-state index contributed by atoms with van der Waals surface area (Å²) in [5.74, 6) is -1.59. The summed E-state index contributed by atoms with van der Waals surface area (Å²) < 4.78 is 13.4. The molecular formula is C35H37FN4O3S. The van der Waals surface area contributed by atoms with Crippen LogP contribution in [0, 0.1) is 11.7 Å². The molecule has 1 aliphatic carbocycles. The van der Waals surface area contributed by atoms with Gasteiger partial charge in [0.2, 0.25) is 0 Å². The van der Waals surface area contributed by atoms with E-state index in [1.807, 2.05) is 13.8 Å². The summed E-state index contributed by atoms with van der Waals surface area (Å²) in [7, 11) is 1.54. The van der Waals surface area contributed by atoms with Crippen LogP contribution in [-0.2, 0) is 25.7 Å². The van der Waals surface area contributed by atoms with Crippen LogP contribution in [0.4, 0.5) is 4.39 Å². The Balaban J connectivity index is 0.000000361. The van der Waals surface area contributed by atoms with Gasteiger partial charge in [0.05, 0.1) is 27.4 Å². The molecule has 0 spiro atoms. The van der Waals surface area contributed by atoms with Crippen molar-refractivity contribution in [3.8, 4) is 10.4 Å². The zero-order chi connectivity index (χ0) is 31.4. The van der Waals surface area contributed by atoms with Crippen molar-refractivity contribution in [3.05, 3.63) is 111 Å². The Labute approximate surface area is 261 Å². The third-order valence-corrected chi connectivity index (χ3v) is 9.08. The van der Waals surface area contributed by atoms with E-state index in [0.717, 1.165) is 5.56 Å². The first-order valence-corrected chi connectivity index (χ1v) is 15.8. The standard InChI is InChI=1S/C26H27FN4O3S.C9H10/c1-13(2)10-17-20(24(28)32)21(18-8-9-19(35-18)25(33)29-3)22-23(31-17)15(12-30-26(22)34)11-14-4-6-16(27)7-5-14;1-2-5-9-7-3-6-8(9)4-1/h4-9,13,15H,10-12H2,1-3H3,(H2,28,32)(H,29,33)(H,30,34);1-2,4-5H,3,6-7H2. The number of primary amides is 1. The highest BCUT2D eigenvalue weighted by Gasteiger charge is 2.35. The Morgan fingerprint density at radius 3 is 2.34 bits per heavy atom. The van der Waals surface area contributed by atoms with E-state index >= 15 is 0 Å². The molecule has 3 amide bonds. The Kier molecular flexibility index (Phi) is 9.54. The predicted molar refractivity (Wildman–Crippen MR) is 172 cm³/mol. The number of rotatable bonds is 7. The lowest BCUT2D eigenvalue weighted by Crippen LogP contribution is -2.38. The number of nitrogens with two attached hydrogens (primary N) is 1. The number of nitrogens with zero attached hydrogens (tertiary/aromatic N) is 1. The zero-order valence-corrected chi connectivity index (χ0v) is 26.0. The van der Waals surface area contributed by atoms with E-state index in [-0.39, 0.29) is 35.0 Å². The molecule has 0 radical (unpaired) electrons.